The predicted octanol–water partition coefficient (Wildman–Crippen LogP) is 3.16. The summed E-state index contributed by atoms with van der Waals surface area (Å²) in [6.07, 6.45) is -0.639. The number of halogens is 2. The molecular formula is C14H14ClFN2O. The average Bonchev–Trinajstić information content (AvgIpc) is 2.35. The lowest BCUT2D eigenvalue weighted by molar-refractivity contribution is 0.175. The molecule has 0 radical (unpaired) electrons. The molecule has 2 aromatic rings. The third kappa shape index (κ3) is 3.28. The smallest absolute Gasteiger partial charge is 0.127 e. The Kier molecular flexibility index (Phi) is 4.12. The summed E-state index contributed by atoms with van der Waals surface area (Å²) in [4.78, 5) is 0. The van der Waals surface area contributed by atoms with E-state index < -0.39 is 11.9 Å². The summed E-state index contributed by atoms with van der Waals surface area (Å²) in [5.41, 5.74) is 2.45. The lowest BCUT2D eigenvalue weighted by Gasteiger charge is -2.14. The first-order valence-corrected chi connectivity index (χ1v) is 6.28. The molecule has 3 nitrogen and oxygen atoms in total. The van der Waals surface area contributed by atoms with Crippen LogP contribution in [-0.4, -0.2) is 15.3 Å². The van der Waals surface area contributed by atoms with Crippen molar-refractivity contribution in [3.63, 3.8) is 0 Å². The van der Waals surface area contributed by atoms with Gasteiger partial charge in [-0.25, -0.2) is 4.39 Å². The van der Waals surface area contributed by atoms with Crippen LogP contribution in [0.25, 0.3) is 0 Å². The third-order valence-corrected chi connectivity index (χ3v) is 3.16. The fraction of sp³-hybridized carbons (Fsp3) is 0.286. The van der Waals surface area contributed by atoms with Gasteiger partial charge in [0.05, 0.1) is 17.5 Å². The van der Waals surface area contributed by atoms with E-state index >= 15 is 0 Å². The molecule has 0 amide bonds. The van der Waals surface area contributed by atoms with E-state index in [0.29, 0.717) is 21.8 Å². The highest BCUT2D eigenvalue weighted by atomic mass is 35.5. The van der Waals surface area contributed by atoms with Gasteiger partial charge in [-0.15, -0.1) is 0 Å². The minimum atomic E-state index is -0.815. The zero-order valence-electron chi connectivity index (χ0n) is 10.7. The van der Waals surface area contributed by atoms with Crippen LogP contribution in [0.15, 0.2) is 24.3 Å². The van der Waals surface area contributed by atoms with Gasteiger partial charge in [0.1, 0.15) is 5.82 Å². The molecule has 0 saturated heterocycles. The summed E-state index contributed by atoms with van der Waals surface area (Å²) in [5, 5.41) is 18.4. The summed E-state index contributed by atoms with van der Waals surface area (Å²) in [7, 11) is 0. The molecule has 1 aromatic heterocycles. The highest BCUT2D eigenvalue weighted by Gasteiger charge is 2.15. The van der Waals surface area contributed by atoms with Crippen molar-refractivity contribution in [2.24, 2.45) is 0 Å². The lowest BCUT2D eigenvalue weighted by atomic mass is 10.00. The number of rotatable bonds is 3. The lowest BCUT2D eigenvalue weighted by Crippen LogP contribution is -2.08. The molecule has 2 rings (SSSR count). The number of aromatic nitrogens is 2. The molecule has 1 N–H and O–H groups in total. The second-order valence-electron chi connectivity index (χ2n) is 4.48. The van der Waals surface area contributed by atoms with Gasteiger partial charge in [0.15, 0.2) is 0 Å². The highest BCUT2D eigenvalue weighted by Crippen LogP contribution is 2.23. The largest absolute Gasteiger partial charge is 0.388 e. The zero-order valence-corrected chi connectivity index (χ0v) is 11.4. The van der Waals surface area contributed by atoms with Crippen molar-refractivity contribution >= 4 is 11.6 Å². The molecule has 1 aromatic carbocycles. The first kappa shape index (κ1) is 13.9. The summed E-state index contributed by atoms with van der Waals surface area (Å²) >= 11 is 5.70. The van der Waals surface area contributed by atoms with Gasteiger partial charge in [0.25, 0.3) is 0 Å². The van der Waals surface area contributed by atoms with Gasteiger partial charge in [-0.1, -0.05) is 17.7 Å². The molecule has 5 heteroatoms. The minimum absolute atomic E-state index is 0.176. The maximum Gasteiger partial charge on any atom is 0.127 e. The number of hydrogen-bond donors (Lipinski definition) is 1. The Morgan fingerprint density at radius 3 is 2.68 bits per heavy atom. The van der Waals surface area contributed by atoms with E-state index in [9.17, 15) is 9.50 Å². The summed E-state index contributed by atoms with van der Waals surface area (Å²) < 4.78 is 13.7. The molecule has 0 saturated carbocycles. The highest BCUT2D eigenvalue weighted by molar-refractivity contribution is 6.30. The zero-order chi connectivity index (χ0) is 14.0. The number of aliphatic hydroxyl groups is 1. The van der Waals surface area contributed by atoms with E-state index in [0.717, 1.165) is 5.69 Å². The molecule has 19 heavy (non-hydrogen) atoms. The van der Waals surface area contributed by atoms with Gasteiger partial charge in [-0.3, -0.25) is 0 Å². The Bertz CT molecular complexity index is 604. The van der Waals surface area contributed by atoms with Crippen LogP contribution in [0.1, 0.15) is 28.6 Å². The molecule has 0 fully saturated rings. The Hall–Kier alpha value is -1.52. The molecule has 0 spiro atoms. The summed E-state index contributed by atoms with van der Waals surface area (Å²) in [6, 6.07) is 6.20. The molecule has 0 aliphatic rings. The molecule has 1 heterocycles. The molecule has 0 aliphatic heterocycles. The number of benzene rings is 1. The van der Waals surface area contributed by atoms with Crippen molar-refractivity contribution < 1.29 is 9.50 Å². The monoisotopic (exact) mass is 280 g/mol. The molecule has 0 bridgehead atoms. The van der Waals surface area contributed by atoms with Crippen LogP contribution in [0.4, 0.5) is 4.39 Å². The number of aliphatic hydroxyl groups excluding tert-OH is 1. The fourth-order valence-corrected chi connectivity index (χ4v) is 2.07. The number of nitrogens with zero attached hydrogens (tertiary/aromatic N) is 2. The average molecular weight is 281 g/mol. The van der Waals surface area contributed by atoms with Crippen LogP contribution in [0.5, 0.6) is 0 Å². The summed E-state index contributed by atoms with van der Waals surface area (Å²) in [5.74, 6) is -0.414. The summed E-state index contributed by atoms with van der Waals surface area (Å²) in [6.45, 7) is 3.56. The van der Waals surface area contributed by atoms with Crippen molar-refractivity contribution in [3.05, 3.63) is 57.6 Å². The van der Waals surface area contributed by atoms with Crippen molar-refractivity contribution in [1.29, 1.82) is 0 Å². The van der Waals surface area contributed by atoms with Crippen LogP contribution >= 0.6 is 11.6 Å². The molecule has 1 atom stereocenters. The van der Waals surface area contributed by atoms with Crippen LogP contribution in [-0.2, 0) is 6.42 Å². The van der Waals surface area contributed by atoms with Crippen LogP contribution in [0.3, 0.4) is 0 Å². The van der Waals surface area contributed by atoms with Crippen molar-refractivity contribution in [1.82, 2.24) is 10.2 Å². The fourth-order valence-electron chi connectivity index (χ4n) is 1.91. The van der Waals surface area contributed by atoms with E-state index in [-0.39, 0.29) is 6.42 Å². The van der Waals surface area contributed by atoms with Gasteiger partial charge in [0.2, 0.25) is 0 Å². The Morgan fingerprint density at radius 1 is 1.26 bits per heavy atom. The van der Waals surface area contributed by atoms with Crippen LogP contribution < -0.4 is 0 Å². The van der Waals surface area contributed by atoms with E-state index in [4.69, 9.17) is 11.6 Å². The third-order valence-electron chi connectivity index (χ3n) is 2.93. The first-order chi connectivity index (χ1) is 8.97. The van der Waals surface area contributed by atoms with Crippen molar-refractivity contribution in [2.45, 2.75) is 26.4 Å². The van der Waals surface area contributed by atoms with Gasteiger partial charge in [-0.2, -0.15) is 10.2 Å². The first-order valence-electron chi connectivity index (χ1n) is 5.90. The van der Waals surface area contributed by atoms with Gasteiger partial charge >= 0.3 is 0 Å². The number of aryl methyl sites for hydroxylation is 2. The maximum atomic E-state index is 13.7. The quantitative estimate of drug-likeness (QED) is 0.939. The topological polar surface area (TPSA) is 46.0 Å². The normalized spacial score (nSPS) is 12.5. The Morgan fingerprint density at radius 2 is 2.00 bits per heavy atom. The van der Waals surface area contributed by atoms with Gasteiger partial charge in [-0.05, 0) is 37.6 Å². The standard InChI is InChI=1S/C14H14ClFN2O/c1-8-5-12(9(2)18-17-8)14(19)6-10-3-4-11(15)7-13(10)16/h3-5,7,14,19H,6H2,1-2H3. The Balaban J connectivity index is 2.25. The predicted molar refractivity (Wildman–Crippen MR) is 71.6 cm³/mol. The van der Waals surface area contributed by atoms with Gasteiger partial charge in [0, 0.05) is 17.0 Å². The molecule has 100 valence electrons. The van der Waals surface area contributed by atoms with Crippen molar-refractivity contribution in [2.75, 3.05) is 0 Å². The second-order valence-corrected chi connectivity index (χ2v) is 4.92. The maximum absolute atomic E-state index is 13.7. The number of hydrogen-bond acceptors (Lipinski definition) is 3. The van der Waals surface area contributed by atoms with E-state index in [1.807, 2.05) is 0 Å². The minimum Gasteiger partial charge on any atom is -0.388 e. The SMILES string of the molecule is Cc1cc(C(O)Cc2ccc(Cl)cc2F)c(C)nn1. The molecular weight excluding hydrogens is 267 g/mol. The van der Waals surface area contributed by atoms with Crippen LogP contribution in [0, 0.1) is 19.7 Å². The molecule has 0 aliphatic carbocycles. The van der Waals surface area contributed by atoms with E-state index in [1.54, 1.807) is 32.0 Å². The van der Waals surface area contributed by atoms with Crippen LogP contribution in [0.2, 0.25) is 5.02 Å². The second kappa shape index (κ2) is 5.63. The van der Waals surface area contributed by atoms with E-state index in [2.05, 4.69) is 10.2 Å². The van der Waals surface area contributed by atoms with Crippen molar-refractivity contribution in [3.8, 4) is 0 Å². The van der Waals surface area contributed by atoms with Gasteiger partial charge < -0.3 is 5.11 Å². The van der Waals surface area contributed by atoms with E-state index in [1.165, 1.54) is 6.07 Å². The molecule has 1 unspecified atom stereocenters. The Labute approximate surface area is 116 Å².